The van der Waals surface area contributed by atoms with Gasteiger partial charge in [-0.05, 0) is 43.7 Å². The molecule has 3 heteroatoms. The summed E-state index contributed by atoms with van der Waals surface area (Å²) in [5.41, 5.74) is 2.43. The van der Waals surface area contributed by atoms with Crippen LogP contribution in [0.15, 0.2) is 40.8 Å². The molecule has 0 saturated carbocycles. The maximum atomic E-state index is 5.95. The van der Waals surface area contributed by atoms with Crippen LogP contribution in [-0.4, -0.2) is 13.6 Å². The van der Waals surface area contributed by atoms with Crippen LogP contribution in [0.3, 0.4) is 0 Å². The number of hydrogen-bond acceptors (Lipinski definition) is 3. The number of nitrogens with zero attached hydrogens (tertiary/aromatic N) is 1. The average Bonchev–Trinajstić information content (AvgIpc) is 2.80. The van der Waals surface area contributed by atoms with E-state index in [2.05, 4.69) is 61.4 Å². The fourth-order valence-electron chi connectivity index (χ4n) is 2.23. The van der Waals surface area contributed by atoms with Crippen molar-refractivity contribution in [3.63, 3.8) is 0 Å². The summed E-state index contributed by atoms with van der Waals surface area (Å²) in [6.07, 6.45) is 1.14. The van der Waals surface area contributed by atoms with E-state index in [-0.39, 0.29) is 0 Å². The quantitative estimate of drug-likeness (QED) is 0.779. The Balaban J connectivity index is 1.98. The number of nitrogens with one attached hydrogen (secondary N) is 1. The molecule has 1 heterocycles. The number of anilines is 1. The molecule has 0 bridgehead atoms. The Bertz CT molecular complexity index is 519. The van der Waals surface area contributed by atoms with Crippen molar-refractivity contribution in [3.05, 3.63) is 53.5 Å². The smallest absolute Gasteiger partial charge is 0.123 e. The highest BCUT2D eigenvalue weighted by Gasteiger charge is 2.09. The zero-order valence-corrected chi connectivity index (χ0v) is 12.6. The van der Waals surface area contributed by atoms with Gasteiger partial charge < -0.3 is 14.6 Å². The van der Waals surface area contributed by atoms with Gasteiger partial charge in [0, 0.05) is 12.7 Å². The average molecular weight is 272 g/mol. The predicted octanol–water partition coefficient (Wildman–Crippen LogP) is 3.72. The number of benzene rings is 1. The van der Waals surface area contributed by atoms with E-state index in [1.54, 1.807) is 0 Å². The van der Waals surface area contributed by atoms with Crippen LogP contribution in [0.1, 0.15) is 30.4 Å². The standard InChI is InChI=1S/C17H24N2O/c1-4-10-18-12-17-14(2)11-16(20-17)13-19(3)15-8-6-5-7-9-15/h5-9,11,18H,4,10,12-13H2,1-3H3. The Hall–Kier alpha value is -1.74. The Kier molecular flexibility index (Phi) is 5.24. The molecule has 1 aromatic carbocycles. The van der Waals surface area contributed by atoms with Crippen molar-refractivity contribution in [1.29, 1.82) is 0 Å². The van der Waals surface area contributed by atoms with E-state index in [4.69, 9.17) is 4.42 Å². The molecule has 0 aliphatic carbocycles. The Labute approximate surface area is 121 Å². The zero-order chi connectivity index (χ0) is 14.4. The summed E-state index contributed by atoms with van der Waals surface area (Å²) in [7, 11) is 2.09. The molecule has 0 atom stereocenters. The van der Waals surface area contributed by atoms with Crippen LogP contribution in [0.5, 0.6) is 0 Å². The van der Waals surface area contributed by atoms with Crippen molar-refractivity contribution in [1.82, 2.24) is 5.32 Å². The fraction of sp³-hybridized carbons (Fsp3) is 0.412. The molecule has 0 radical (unpaired) electrons. The Morgan fingerprint density at radius 3 is 2.65 bits per heavy atom. The lowest BCUT2D eigenvalue weighted by molar-refractivity contribution is 0.444. The molecule has 20 heavy (non-hydrogen) atoms. The second kappa shape index (κ2) is 7.15. The molecule has 1 aromatic heterocycles. The number of para-hydroxylation sites is 1. The van der Waals surface area contributed by atoms with Crippen LogP contribution >= 0.6 is 0 Å². The van der Waals surface area contributed by atoms with Crippen molar-refractivity contribution in [2.75, 3.05) is 18.5 Å². The molecule has 0 aliphatic rings. The van der Waals surface area contributed by atoms with Crippen LogP contribution in [0, 0.1) is 6.92 Å². The Morgan fingerprint density at radius 2 is 1.95 bits per heavy atom. The molecular formula is C17H24N2O. The normalized spacial score (nSPS) is 10.8. The number of aryl methyl sites for hydroxylation is 1. The van der Waals surface area contributed by atoms with Crippen LogP contribution < -0.4 is 10.2 Å². The third-order valence-corrected chi connectivity index (χ3v) is 3.37. The van der Waals surface area contributed by atoms with Gasteiger partial charge in [-0.15, -0.1) is 0 Å². The largest absolute Gasteiger partial charge is 0.463 e. The van der Waals surface area contributed by atoms with Crippen LogP contribution in [0.4, 0.5) is 5.69 Å². The monoisotopic (exact) mass is 272 g/mol. The molecule has 1 N–H and O–H groups in total. The summed E-state index contributed by atoms with van der Waals surface area (Å²) >= 11 is 0. The summed E-state index contributed by atoms with van der Waals surface area (Å²) in [5.74, 6) is 2.07. The molecule has 0 saturated heterocycles. The molecule has 2 rings (SSSR count). The number of hydrogen-bond donors (Lipinski definition) is 1. The van der Waals surface area contributed by atoms with Crippen molar-refractivity contribution >= 4 is 5.69 Å². The lowest BCUT2D eigenvalue weighted by Gasteiger charge is -2.17. The van der Waals surface area contributed by atoms with Gasteiger partial charge in [-0.3, -0.25) is 0 Å². The van der Waals surface area contributed by atoms with Crippen molar-refractivity contribution in [2.24, 2.45) is 0 Å². The van der Waals surface area contributed by atoms with E-state index in [0.717, 1.165) is 37.6 Å². The van der Waals surface area contributed by atoms with Gasteiger partial charge in [0.05, 0.1) is 13.1 Å². The first-order valence-electron chi connectivity index (χ1n) is 7.25. The lowest BCUT2D eigenvalue weighted by Crippen LogP contribution is -2.15. The third kappa shape index (κ3) is 3.87. The molecule has 0 aliphatic heterocycles. The Morgan fingerprint density at radius 1 is 1.20 bits per heavy atom. The third-order valence-electron chi connectivity index (χ3n) is 3.37. The van der Waals surface area contributed by atoms with Crippen LogP contribution in [-0.2, 0) is 13.1 Å². The van der Waals surface area contributed by atoms with Crippen LogP contribution in [0.25, 0.3) is 0 Å². The minimum absolute atomic E-state index is 0.790. The minimum Gasteiger partial charge on any atom is -0.463 e. The van der Waals surface area contributed by atoms with Gasteiger partial charge in [0.2, 0.25) is 0 Å². The van der Waals surface area contributed by atoms with E-state index in [1.807, 2.05) is 6.07 Å². The highest BCUT2D eigenvalue weighted by molar-refractivity contribution is 5.45. The van der Waals surface area contributed by atoms with E-state index >= 15 is 0 Å². The van der Waals surface area contributed by atoms with Crippen molar-refractivity contribution < 1.29 is 4.42 Å². The summed E-state index contributed by atoms with van der Waals surface area (Å²) in [6.45, 7) is 6.91. The first-order valence-corrected chi connectivity index (χ1v) is 7.25. The minimum atomic E-state index is 0.790. The predicted molar refractivity (Wildman–Crippen MR) is 84.0 cm³/mol. The molecule has 0 unspecified atom stereocenters. The van der Waals surface area contributed by atoms with Gasteiger partial charge in [-0.1, -0.05) is 25.1 Å². The van der Waals surface area contributed by atoms with Gasteiger partial charge in [0.15, 0.2) is 0 Å². The van der Waals surface area contributed by atoms with Gasteiger partial charge in [-0.25, -0.2) is 0 Å². The summed E-state index contributed by atoms with van der Waals surface area (Å²) < 4.78 is 5.95. The first kappa shape index (κ1) is 14.7. The first-order chi connectivity index (χ1) is 9.70. The number of furan rings is 1. The van der Waals surface area contributed by atoms with Crippen LogP contribution in [0.2, 0.25) is 0 Å². The molecular weight excluding hydrogens is 248 g/mol. The second-order valence-corrected chi connectivity index (χ2v) is 5.19. The number of rotatable bonds is 7. The van der Waals surface area contributed by atoms with Gasteiger partial charge >= 0.3 is 0 Å². The van der Waals surface area contributed by atoms with E-state index in [9.17, 15) is 0 Å². The fourth-order valence-corrected chi connectivity index (χ4v) is 2.23. The summed E-state index contributed by atoms with van der Waals surface area (Å²) in [4.78, 5) is 2.20. The van der Waals surface area contributed by atoms with Gasteiger partial charge in [0.25, 0.3) is 0 Å². The van der Waals surface area contributed by atoms with E-state index in [0.29, 0.717) is 0 Å². The molecule has 0 amide bonds. The zero-order valence-electron chi connectivity index (χ0n) is 12.6. The molecule has 3 nitrogen and oxygen atoms in total. The highest BCUT2D eigenvalue weighted by atomic mass is 16.3. The molecule has 0 spiro atoms. The maximum absolute atomic E-state index is 5.95. The van der Waals surface area contributed by atoms with Gasteiger partial charge in [0.1, 0.15) is 11.5 Å². The van der Waals surface area contributed by atoms with Gasteiger partial charge in [-0.2, -0.15) is 0 Å². The topological polar surface area (TPSA) is 28.4 Å². The van der Waals surface area contributed by atoms with E-state index in [1.165, 1.54) is 11.3 Å². The maximum Gasteiger partial charge on any atom is 0.123 e. The second-order valence-electron chi connectivity index (χ2n) is 5.19. The molecule has 108 valence electrons. The van der Waals surface area contributed by atoms with Crippen molar-refractivity contribution in [3.8, 4) is 0 Å². The van der Waals surface area contributed by atoms with Crippen molar-refractivity contribution in [2.45, 2.75) is 33.4 Å². The lowest BCUT2D eigenvalue weighted by atomic mass is 10.2. The summed E-state index contributed by atoms with van der Waals surface area (Å²) in [5, 5.41) is 3.38. The van der Waals surface area contributed by atoms with E-state index < -0.39 is 0 Å². The summed E-state index contributed by atoms with van der Waals surface area (Å²) in [6, 6.07) is 12.5. The highest BCUT2D eigenvalue weighted by Crippen LogP contribution is 2.19. The molecule has 2 aromatic rings. The molecule has 0 fully saturated rings. The SMILES string of the molecule is CCCNCc1oc(CN(C)c2ccccc2)cc1C.